The van der Waals surface area contributed by atoms with Crippen molar-refractivity contribution in [1.29, 1.82) is 0 Å². The van der Waals surface area contributed by atoms with E-state index in [-0.39, 0.29) is 120 Å². The minimum Gasteiger partial charge on any atom is -0.542 e. The lowest BCUT2D eigenvalue weighted by atomic mass is 9.66. The number of benzene rings is 6. The number of hydrogen-bond donors (Lipinski definition) is 0. The summed E-state index contributed by atoms with van der Waals surface area (Å²) in [6.07, 6.45) is 2.08. The average Bonchev–Trinajstić information content (AvgIpc) is 1.67. The van der Waals surface area contributed by atoms with E-state index in [1.165, 1.54) is 0 Å². The van der Waals surface area contributed by atoms with E-state index < -0.39 is 138 Å². The van der Waals surface area contributed by atoms with Crippen molar-refractivity contribution < 1.29 is 89.5 Å². The molecular formula is C93H124O19Si3. The third kappa shape index (κ3) is 10.3. The third-order valence-electron chi connectivity index (χ3n) is 33.6. The lowest BCUT2D eigenvalue weighted by Crippen LogP contribution is -2.51. The summed E-state index contributed by atoms with van der Waals surface area (Å²) < 4.78 is 78.5. The molecule has 8 bridgehead atoms. The maximum Gasteiger partial charge on any atom is 0.356 e. The number of hydrogen-bond acceptors (Lipinski definition) is 19. The quantitative estimate of drug-likeness (QED) is 0.0190. The predicted molar refractivity (Wildman–Crippen MR) is 451 cm³/mol. The molecule has 4 aliphatic carbocycles. The summed E-state index contributed by atoms with van der Waals surface area (Å²) in [5, 5.41) is 3.71. The molecule has 22 heteroatoms. The highest BCUT2D eigenvalue weighted by Gasteiger charge is 2.80. The van der Waals surface area contributed by atoms with E-state index in [0.717, 1.165) is 0 Å². The fourth-order valence-electron chi connectivity index (χ4n) is 24.6. The van der Waals surface area contributed by atoms with Crippen LogP contribution >= 0.6 is 0 Å². The van der Waals surface area contributed by atoms with Gasteiger partial charge in [0, 0.05) is 75.5 Å². The van der Waals surface area contributed by atoms with E-state index in [4.69, 9.17) is 51.2 Å². The van der Waals surface area contributed by atoms with Crippen LogP contribution in [0.15, 0.2) is 54.6 Å². The Kier molecular flexibility index (Phi) is 19.1. The summed E-state index contributed by atoms with van der Waals surface area (Å²) >= 11 is 0. The molecule has 8 atom stereocenters. The highest BCUT2D eigenvalue weighted by Crippen LogP contribution is 2.71. The van der Waals surface area contributed by atoms with Gasteiger partial charge in [-0.1, -0.05) is 180 Å². The number of ether oxygens (including phenoxy) is 8. The molecule has 622 valence electrons. The van der Waals surface area contributed by atoms with Gasteiger partial charge in [0.2, 0.25) is 22.4 Å². The monoisotopic (exact) mass is 1630 g/mol. The maximum absolute atomic E-state index is 16.3. The van der Waals surface area contributed by atoms with E-state index in [1.807, 2.05) is 107 Å². The summed E-state index contributed by atoms with van der Waals surface area (Å²) in [5.41, 5.74) is -15.5. The fraction of sp³-hybridized carbons (Fsp3) is 0.634. The van der Waals surface area contributed by atoms with E-state index in [0.29, 0.717) is 75.2 Å². The lowest BCUT2D eigenvalue weighted by molar-refractivity contribution is -0.176. The van der Waals surface area contributed by atoms with Crippen LogP contribution in [0.25, 0.3) is 53.9 Å². The standard InChI is InChI=1S/C93H124O19Si3/c1-48(2)113(49(3)4,50(5)6)110-66-45-59-62(102-78(98)90-41-37-86(27,74(94)106-90)82(90,19)20)33-35-64(104-80(100)92-43-39-88(29,76(96)108-92)84(92,23)24)69(59)71-57(66)31-32-58-67(111-114(51(7)8,52(9)10)53(11)12)47-61-68(112-115(54(13)14,55(15)16)56(17)18)46-60-63(103-79(99)91-42-38-87(28,75(95)107-91)83(91,21)22)34-36-65(70(60)73(61)72(58)71)105-81(101)93-44-40-89(30,77(97)109-93)85(93,25)26/h31-36,45-56H,37-44H2,1-30H3/t86-,87-,88-,89-,90+,91+,92+,93+/m0/s1. The first kappa shape index (κ1) is 83.9. The molecule has 6 aromatic carbocycles. The molecule has 115 heavy (non-hydrogen) atoms. The van der Waals surface area contributed by atoms with Crippen molar-refractivity contribution >= 4 is 127 Å². The van der Waals surface area contributed by atoms with Crippen molar-refractivity contribution in [3.8, 4) is 40.2 Å². The molecule has 8 aliphatic rings. The topological polar surface area (TPSA) is 238 Å². The minimum absolute atomic E-state index is 0.00623. The lowest BCUT2D eigenvalue weighted by Gasteiger charge is -2.43. The van der Waals surface area contributed by atoms with Gasteiger partial charge in [-0.05, 0) is 184 Å². The van der Waals surface area contributed by atoms with Gasteiger partial charge in [-0.15, -0.1) is 0 Å². The van der Waals surface area contributed by atoms with Crippen molar-refractivity contribution in [2.24, 2.45) is 43.3 Å². The summed E-state index contributed by atoms with van der Waals surface area (Å²) in [4.78, 5) is 122. The molecule has 4 saturated carbocycles. The first-order valence-electron chi connectivity index (χ1n) is 42.4. The molecule has 4 heterocycles. The maximum atomic E-state index is 16.3. The Bertz CT molecular complexity index is 4970. The Morgan fingerprint density at radius 2 is 0.461 bits per heavy atom. The van der Waals surface area contributed by atoms with Gasteiger partial charge >= 0.3 is 47.8 Å². The van der Waals surface area contributed by atoms with Gasteiger partial charge in [0.15, 0.2) is 0 Å². The normalized spacial score (nSPS) is 28.9. The largest absolute Gasteiger partial charge is 0.542 e. The summed E-state index contributed by atoms with van der Waals surface area (Å²) in [7, 11) is -9.44. The van der Waals surface area contributed by atoms with Crippen LogP contribution in [-0.4, -0.2) is 95.1 Å². The van der Waals surface area contributed by atoms with Crippen molar-refractivity contribution in [1.82, 2.24) is 0 Å². The summed E-state index contributed by atoms with van der Waals surface area (Å²) in [5.74, 6) is -4.08. The summed E-state index contributed by atoms with van der Waals surface area (Å²) in [6.45, 7) is 62.0. The zero-order valence-electron chi connectivity index (χ0n) is 73.8. The molecule has 8 fully saturated rings. The van der Waals surface area contributed by atoms with Crippen LogP contribution in [0.1, 0.15) is 259 Å². The second-order valence-electron chi connectivity index (χ2n) is 41.4. The highest BCUT2D eigenvalue weighted by molar-refractivity contribution is 6.79. The van der Waals surface area contributed by atoms with Gasteiger partial charge in [0.25, 0.3) is 25.0 Å². The van der Waals surface area contributed by atoms with Crippen LogP contribution in [0, 0.1) is 43.3 Å². The Hall–Kier alpha value is -7.57. The third-order valence-corrected chi connectivity index (χ3v) is 51.6. The number of carbonyl (C=O) groups excluding carboxylic acids is 8. The number of esters is 8. The molecule has 0 spiro atoms. The first-order chi connectivity index (χ1) is 53.1. The van der Waals surface area contributed by atoms with Gasteiger partial charge in [0.05, 0.1) is 21.7 Å². The highest BCUT2D eigenvalue weighted by atomic mass is 28.4. The van der Waals surface area contributed by atoms with Crippen LogP contribution in [0.2, 0.25) is 49.9 Å². The van der Waals surface area contributed by atoms with E-state index in [1.54, 1.807) is 24.3 Å². The molecule has 19 nitrogen and oxygen atoms in total. The Morgan fingerprint density at radius 1 is 0.270 bits per heavy atom. The van der Waals surface area contributed by atoms with E-state index in [9.17, 15) is 19.2 Å². The second-order valence-corrected chi connectivity index (χ2v) is 57.6. The van der Waals surface area contributed by atoms with Crippen molar-refractivity contribution in [3.05, 3.63) is 54.6 Å². The van der Waals surface area contributed by atoms with Crippen LogP contribution in [0.3, 0.4) is 0 Å². The first-order valence-corrected chi connectivity index (χ1v) is 48.8. The van der Waals surface area contributed by atoms with Gasteiger partial charge < -0.3 is 51.2 Å². The van der Waals surface area contributed by atoms with Gasteiger partial charge in [-0.25, -0.2) is 19.2 Å². The molecule has 0 amide bonds. The molecule has 6 aromatic rings. The molecule has 0 radical (unpaired) electrons. The van der Waals surface area contributed by atoms with Crippen molar-refractivity contribution in [3.63, 3.8) is 0 Å². The van der Waals surface area contributed by atoms with Crippen LogP contribution in [-0.2, 0) is 57.3 Å². The van der Waals surface area contributed by atoms with Crippen LogP contribution in [0.5, 0.6) is 40.2 Å². The summed E-state index contributed by atoms with van der Waals surface area (Å²) in [6, 6.07) is 16.2. The fourth-order valence-corrected chi connectivity index (χ4v) is 40.3. The van der Waals surface area contributed by atoms with Crippen LogP contribution in [0.4, 0.5) is 0 Å². The molecular weight excluding hydrogens is 1510 g/mol. The second kappa shape index (κ2) is 26.2. The van der Waals surface area contributed by atoms with Gasteiger partial charge in [-0.2, -0.15) is 0 Å². The predicted octanol–water partition coefficient (Wildman–Crippen LogP) is 22.2. The van der Waals surface area contributed by atoms with Gasteiger partial charge in [-0.3, -0.25) is 19.2 Å². The SMILES string of the molecule is CC(C)[Si](Oc1cc2c(OC(=O)[C@@]34CC[C@@](C)(C(=O)O3)C4(C)C)ccc(OC(=O)[C@@]34CC[C@@](C)(C(=O)O3)C4(C)C)c2c2c1ccc1c(O[Si](C(C)C)(C(C)C)C(C)C)cc3c(O[Si](C(C)C)(C(C)C)C(C)C)cc4c(OC(=O)[C@@]56CC[C@@](C)(C(=O)O5)C6(C)C)ccc(OC(=O)[C@@]56CC[C@@](C)(C(=O)O5)C6(C)C)c4c3c12)(C(C)C)C(C)C. The number of carbonyl (C=O) groups is 8. The molecule has 0 aromatic heterocycles. The molecule has 0 unspecified atom stereocenters. The zero-order chi connectivity index (χ0) is 84.9. The minimum atomic E-state index is -3.19. The van der Waals surface area contributed by atoms with Crippen molar-refractivity contribution in [2.45, 2.75) is 331 Å². The Balaban J connectivity index is 1.24. The van der Waals surface area contributed by atoms with E-state index >= 15 is 19.2 Å². The van der Waals surface area contributed by atoms with Gasteiger partial charge in [0.1, 0.15) is 40.2 Å². The molecule has 0 N–H and O–H groups in total. The molecule has 14 rings (SSSR count). The van der Waals surface area contributed by atoms with E-state index in [2.05, 4.69) is 131 Å². The van der Waals surface area contributed by atoms with Crippen molar-refractivity contribution in [2.75, 3.05) is 0 Å². The number of fused-ring (bicyclic) bond motifs is 17. The Labute approximate surface area is 681 Å². The molecule has 4 saturated heterocycles. The number of rotatable bonds is 23. The smallest absolute Gasteiger partial charge is 0.356 e. The Morgan fingerprint density at radius 3 is 0.670 bits per heavy atom. The average molecular weight is 1630 g/mol. The molecule has 4 aliphatic heterocycles. The zero-order valence-corrected chi connectivity index (χ0v) is 76.8. The van der Waals surface area contributed by atoms with Crippen LogP contribution < -0.4 is 32.2 Å².